The quantitative estimate of drug-likeness (QED) is 0.706. The number of thioether (sulfide) groups is 1. The largest absolute Gasteiger partial charge is 0.396 e. The fourth-order valence-corrected chi connectivity index (χ4v) is 2.73. The van der Waals surface area contributed by atoms with Crippen molar-refractivity contribution in [2.75, 3.05) is 39.0 Å². The maximum Gasteiger partial charge on any atom is 0.0443 e. The molecule has 1 aliphatic heterocycles. The molecule has 1 saturated heterocycles. The minimum absolute atomic E-state index is 0.307. The van der Waals surface area contributed by atoms with E-state index in [1.54, 1.807) is 0 Å². The van der Waals surface area contributed by atoms with Crippen molar-refractivity contribution in [1.29, 1.82) is 0 Å². The molecule has 0 aromatic heterocycles. The van der Waals surface area contributed by atoms with Crippen LogP contribution in [0.25, 0.3) is 0 Å². The van der Waals surface area contributed by atoms with Gasteiger partial charge in [0.05, 0.1) is 0 Å². The van der Waals surface area contributed by atoms with Crippen LogP contribution in [0.2, 0.25) is 0 Å². The third-order valence-corrected chi connectivity index (χ3v) is 4.65. The number of piperidine rings is 1. The fourth-order valence-electron chi connectivity index (χ4n) is 1.97. The summed E-state index contributed by atoms with van der Waals surface area (Å²) in [6.45, 7) is 4.41. The van der Waals surface area contributed by atoms with E-state index in [0.29, 0.717) is 11.4 Å². The highest BCUT2D eigenvalue weighted by Gasteiger charge is 2.31. The first-order chi connectivity index (χ1) is 6.76. The maximum absolute atomic E-state index is 8.74. The Hall–Kier alpha value is 0.230. The lowest BCUT2D eigenvalue weighted by Crippen LogP contribution is -2.46. The summed E-state index contributed by atoms with van der Waals surface area (Å²) in [5.41, 5.74) is 5.81. The summed E-state index contributed by atoms with van der Waals surface area (Å²) in [7, 11) is 0. The number of rotatable bonds is 5. The summed E-state index contributed by atoms with van der Waals surface area (Å²) in [6, 6.07) is 0. The number of nitrogens with two attached hydrogens (primary N) is 1. The molecule has 0 saturated carbocycles. The normalized spacial score (nSPS) is 22.5. The van der Waals surface area contributed by atoms with Crippen molar-refractivity contribution in [2.24, 2.45) is 5.73 Å². The van der Waals surface area contributed by atoms with Crippen LogP contribution in [0.3, 0.4) is 0 Å². The van der Waals surface area contributed by atoms with Crippen LogP contribution >= 0.6 is 11.8 Å². The minimum Gasteiger partial charge on any atom is -0.396 e. The lowest BCUT2D eigenvalue weighted by atomic mass is 9.96. The van der Waals surface area contributed by atoms with Gasteiger partial charge in [-0.15, -0.1) is 0 Å². The van der Waals surface area contributed by atoms with Crippen LogP contribution in [-0.2, 0) is 0 Å². The van der Waals surface area contributed by atoms with Crippen LogP contribution < -0.4 is 5.73 Å². The molecule has 3 nitrogen and oxygen atoms in total. The first kappa shape index (κ1) is 12.3. The maximum atomic E-state index is 8.74. The van der Waals surface area contributed by atoms with Gasteiger partial charge in [0.1, 0.15) is 0 Å². The van der Waals surface area contributed by atoms with Gasteiger partial charge in [0.25, 0.3) is 0 Å². The number of nitrogens with zero attached hydrogens (tertiary/aromatic N) is 1. The predicted molar refractivity (Wildman–Crippen MR) is 62.7 cm³/mol. The van der Waals surface area contributed by atoms with Crippen LogP contribution in [0.5, 0.6) is 0 Å². The van der Waals surface area contributed by atoms with Gasteiger partial charge in [-0.3, -0.25) is 0 Å². The van der Waals surface area contributed by atoms with Gasteiger partial charge in [-0.05, 0) is 38.6 Å². The second kappa shape index (κ2) is 5.95. The molecular weight excluding hydrogens is 196 g/mol. The highest BCUT2D eigenvalue weighted by atomic mass is 32.2. The standard InChI is InChI=1S/C10H22N2OS/c1-14-10(9-11)3-6-12(7-4-10)5-2-8-13/h13H,2-9,11H2,1H3. The monoisotopic (exact) mass is 218 g/mol. The van der Waals surface area contributed by atoms with Crippen molar-refractivity contribution in [3.63, 3.8) is 0 Å². The van der Waals surface area contributed by atoms with Gasteiger partial charge in [0.15, 0.2) is 0 Å². The molecule has 1 aliphatic rings. The van der Waals surface area contributed by atoms with E-state index < -0.39 is 0 Å². The number of hydrogen-bond donors (Lipinski definition) is 2. The van der Waals surface area contributed by atoms with Gasteiger partial charge in [0.2, 0.25) is 0 Å². The Kier molecular flexibility index (Phi) is 5.23. The molecule has 0 aromatic rings. The van der Waals surface area contributed by atoms with Crippen LogP contribution in [-0.4, -0.2) is 53.8 Å². The fraction of sp³-hybridized carbons (Fsp3) is 1.00. The molecule has 1 fully saturated rings. The first-order valence-corrected chi connectivity index (χ1v) is 6.57. The number of aliphatic hydroxyl groups excluding tert-OH is 1. The summed E-state index contributed by atoms with van der Waals surface area (Å²) in [5, 5.41) is 8.74. The van der Waals surface area contributed by atoms with Crippen molar-refractivity contribution in [2.45, 2.75) is 24.0 Å². The summed E-state index contributed by atoms with van der Waals surface area (Å²) >= 11 is 1.92. The Morgan fingerprint density at radius 1 is 1.43 bits per heavy atom. The number of aliphatic hydroxyl groups is 1. The zero-order valence-electron chi connectivity index (χ0n) is 9.04. The molecule has 0 aromatic carbocycles. The van der Waals surface area contributed by atoms with Gasteiger partial charge in [-0.25, -0.2) is 0 Å². The van der Waals surface area contributed by atoms with E-state index in [9.17, 15) is 0 Å². The molecule has 0 atom stereocenters. The van der Waals surface area contributed by atoms with Gasteiger partial charge < -0.3 is 15.7 Å². The van der Waals surface area contributed by atoms with E-state index in [1.165, 1.54) is 12.8 Å². The van der Waals surface area contributed by atoms with Gasteiger partial charge in [0, 0.05) is 24.4 Å². The van der Waals surface area contributed by atoms with Gasteiger partial charge in [-0.1, -0.05) is 0 Å². The Bertz CT molecular complexity index is 152. The van der Waals surface area contributed by atoms with Crippen LogP contribution in [0.15, 0.2) is 0 Å². The molecule has 84 valence electrons. The Balaban J connectivity index is 2.29. The van der Waals surface area contributed by atoms with E-state index in [4.69, 9.17) is 10.8 Å². The van der Waals surface area contributed by atoms with Crippen molar-refractivity contribution >= 4 is 11.8 Å². The molecule has 0 radical (unpaired) electrons. The molecule has 0 amide bonds. The SMILES string of the molecule is CSC1(CN)CCN(CCCO)CC1. The van der Waals surface area contributed by atoms with E-state index in [-0.39, 0.29) is 0 Å². The molecule has 3 N–H and O–H groups in total. The third kappa shape index (κ3) is 3.12. The van der Waals surface area contributed by atoms with Crippen LogP contribution in [0.1, 0.15) is 19.3 Å². The first-order valence-electron chi connectivity index (χ1n) is 5.35. The number of hydrogen-bond acceptors (Lipinski definition) is 4. The van der Waals surface area contributed by atoms with Crippen molar-refractivity contribution in [1.82, 2.24) is 4.90 Å². The minimum atomic E-state index is 0.307. The Labute approximate surface area is 91.0 Å². The smallest absolute Gasteiger partial charge is 0.0443 e. The second-order valence-electron chi connectivity index (χ2n) is 4.01. The van der Waals surface area contributed by atoms with Crippen LogP contribution in [0, 0.1) is 0 Å². The van der Waals surface area contributed by atoms with E-state index in [2.05, 4.69) is 11.2 Å². The van der Waals surface area contributed by atoms with Crippen molar-refractivity contribution in [3.8, 4) is 0 Å². The zero-order chi connectivity index (χ0) is 10.4. The average Bonchev–Trinajstić information content (AvgIpc) is 2.27. The highest BCUT2D eigenvalue weighted by molar-refractivity contribution is 8.00. The zero-order valence-corrected chi connectivity index (χ0v) is 9.85. The third-order valence-electron chi connectivity index (χ3n) is 3.20. The lowest BCUT2D eigenvalue weighted by Gasteiger charge is -2.40. The second-order valence-corrected chi connectivity index (χ2v) is 5.28. The van der Waals surface area contributed by atoms with E-state index >= 15 is 0 Å². The average molecular weight is 218 g/mol. The summed E-state index contributed by atoms with van der Waals surface area (Å²) in [5.74, 6) is 0. The van der Waals surface area contributed by atoms with E-state index in [0.717, 1.165) is 32.6 Å². The topological polar surface area (TPSA) is 49.5 Å². The van der Waals surface area contributed by atoms with Gasteiger partial charge in [-0.2, -0.15) is 11.8 Å². The molecule has 0 bridgehead atoms. The van der Waals surface area contributed by atoms with Gasteiger partial charge >= 0.3 is 0 Å². The van der Waals surface area contributed by atoms with Crippen LogP contribution in [0.4, 0.5) is 0 Å². The van der Waals surface area contributed by atoms with E-state index in [1.807, 2.05) is 11.8 Å². The molecule has 14 heavy (non-hydrogen) atoms. The Morgan fingerprint density at radius 3 is 2.50 bits per heavy atom. The molecule has 4 heteroatoms. The summed E-state index contributed by atoms with van der Waals surface area (Å²) in [6.07, 6.45) is 5.44. The molecule has 0 spiro atoms. The summed E-state index contributed by atoms with van der Waals surface area (Å²) in [4.78, 5) is 2.43. The number of likely N-dealkylation sites (tertiary alicyclic amines) is 1. The molecule has 0 unspecified atom stereocenters. The van der Waals surface area contributed by atoms with Crippen molar-refractivity contribution < 1.29 is 5.11 Å². The highest BCUT2D eigenvalue weighted by Crippen LogP contribution is 2.33. The lowest BCUT2D eigenvalue weighted by molar-refractivity contribution is 0.181. The molecular formula is C10H22N2OS. The van der Waals surface area contributed by atoms with Crippen molar-refractivity contribution in [3.05, 3.63) is 0 Å². The molecule has 1 heterocycles. The Morgan fingerprint density at radius 2 is 2.07 bits per heavy atom. The predicted octanol–water partition coefficient (Wildman–Crippen LogP) is 0.525. The summed E-state index contributed by atoms with van der Waals surface area (Å²) < 4.78 is 0.329. The molecule has 0 aliphatic carbocycles. The molecule has 1 rings (SSSR count).